The van der Waals surface area contributed by atoms with E-state index < -0.39 is 0 Å². The van der Waals surface area contributed by atoms with Gasteiger partial charge in [-0.3, -0.25) is 9.69 Å². The number of carbonyl (C=O) groups is 1. The number of hydrogen-bond acceptors (Lipinski definition) is 3. The molecule has 0 spiro atoms. The molecule has 1 amide bonds. The van der Waals surface area contributed by atoms with Crippen LogP contribution in [-0.2, 0) is 11.3 Å². The molecule has 1 atom stereocenters. The van der Waals surface area contributed by atoms with Crippen LogP contribution in [0.1, 0.15) is 44.1 Å². The average molecular weight is 393 g/mol. The van der Waals surface area contributed by atoms with Crippen molar-refractivity contribution >= 4 is 5.91 Å². The predicted octanol–water partition coefficient (Wildman–Crippen LogP) is 5.09. The van der Waals surface area contributed by atoms with Gasteiger partial charge < -0.3 is 9.64 Å². The van der Waals surface area contributed by atoms with Gasteiger partial charge >= 0.3 is 0 Å². The normalized spacial score (nSPS) is 20.8. The topological polar surface area (TPSA) is 32.8 Å². The summed E-state index contributed by atoms with van der Waals surface area (Å²) < 4.78 is 5.98. The largest absolute Gasteiger partial charge is 0.457 e. The third-order valence-corrected chi connectivity index (χ3v) is 6.06. The lowest BCUT2D eigenvalue weighted by atomic mass is 9.96. The first-order valence-corrected chi connectivity index (χ1v) is 11.1. The van der Waals surface area contributed by atoms with E-state index in [-0.39, 0.29) is 5.92 Å². The van der Waals surface area contributed by atoms with Crippen molar-refractivity contribution in [3.63, 3.8) is 0 Å². The highest BCUT2D eigenvalue weighted by molar-refractivity contribution is 5.79. The van der Waals surface area contributed by atoms with Crippen molar-refractivity contribution in [2.24, 2.45) is 5.92 Å². The fourth-order valence-corrected chi connectivity index (χ4v) is 4.54. The molecule has 154 valence electrons. The van der Waals surface area contributed by atoms with Gasteiger partial charge in [-0.2, -0.15) is 0 Å². The van der Waals surface area contributed by atoms with Crippen LogP contribution >= 0.6 is 0 Å². The number of hydrogen-bond donors (Lipinski definition) is 0. The Morgan fingerprint density at radius 3 is 2.41 bits per heavy atom. The summed E-state index contributed by atoms with van der Waals surface area (Å²) in [6.45, 7) is 4.71. The van der Waals surface area contributed by atoms with Crippen LogP contribution in [0, 0.1) is 5.92 Å². The molecule has 2 aliphatic heterocycles. The zero-order chi connectivity index (χ0) is 19.9. The molecule has 2 saturated heterocycles. The van der Waals surface area contributed by atoms with Crippen LogP contribution in [0.15, 0.2) is 54.6 Å². The van der Waals surface area contributed by atoms with E-state index in [1.165, 1.54) is 18.4 Å². The number of piperidine rings is 1. The van der Waals surface area contributed by atoms with Gasteiger partial charge in [0.05, 0.1) is 5.92 Å². The summed E-state index contributed by atoms with van der Waals surface area (Å²) in [6.07, 6.45) is 6.99. The lowest BCUT2D eigenvalue weighted by molar-refractivity contribution is -0.137. The number of rotatable bonds is 5. The maximum atomic E-state index is 13.0. The van der Waals surface area contributed by atoms with Crippen molar-refractivity contribution < 1.29 is 9.53 Å². The van der Waals surface area contributed by atoms with Gasteiger partial charge in [0.2, 0.25) is 5.91 Å². The van der Waals surface area contributed by atoms with Gasteiger partial charge in [-0.05, 0) is 62.1 Å². The second kappa shape index (κ2) is 9.93. The maximum Gasteiger partial charge on any atom is 0.226 e. The summed E-state index contributed by atoms with van der Waals surface area (Å²) in [5.41, 5.74) is 1.24. The lowest BCUT2D eigenvalue weighted by Gasteiger charge is -2.34. The monoisotopic (exact) mass is 392 g/mol. The number of likely N-dealkylation sites (tertiary alicyclic amines) is 2. The molecule has 0 saturated carbocycles. The minimum absolute atomic E-state index is 0.158. The first kappa shape index (κ1) is 20.0. The molecule has 4 rings (SSSR count). The van der Waals surface area contributed by atoms with Crippen molar-refractivity contribution in [3.8, 4) is 11.5 Å². The Hall–Kier alpha value is -2.33. The molecule has 0 unspecified atom stereocenters. The summed E-state index contributed by atoms with van der Waals surface area (Å²) in [5.74, 6) is 2.26. The van der Waals surface area contributed by atoms with Gasteiger partial charge in [0.15, 0.2) is 0 Å². The van der Waals surface area contributed by atoms with Crippen LogP contribution < -0.4 is 4.74 Å². The fraction of sp³-hybridized carbons (Fsp3) is 0.480. The number of nitrogens with zero attached hydrogens (tertiary/aromatic N) is 2. The lowest BCUT2D eigenvalue weighted by Crippen LogP contribution is -2.44. The van der Waals surface area contributed by atoms with E-state index in [4.69, 9.17) is 4.74 Å². The first-order valence-electron chi connectivity index (χ1n) is 11.1. The van der Waals surface area contributed by atoms with Gasteiger partial charge in [0.1, 0.15) is 11.5 Å². The summed E-state index contributed by atoms with van der Waals surface area (Å²) in [5, 5.41) is 0. The summed E-state index contributed by atoms with van der Waals surface area (Å²) in [6, 6.07) is 18.2. The van der Waals surface area contributed by atoms with E-state index in [0.29, 0.717) is 5.91 Å². The van der Waals surface area contributed by atoms with E-state index in [2.05, 4.69) is 28.0 Å². The summed E-state index contributed by atoms with van der Waals surface area (Å²) in [4.78, 5) is 17.6. The minimum Gasteiger partial charge on any atom is -0.457 e. The van der Waals surface area contributed by atoms with E-state index in [9.17, 15) is 4.79 Å². The highest BCUT2D eigenvalue weighted by Gasteiger charge is 2.29. The third kappa shape index (κ3) is 5.60. The molecule has 4 heteroatoms. The molecule has 2 aromatic rings. The molecule has 2 aromatic carbocycles. The molecule has 0 N–H and O–H groups in total. The van der Waals surface area contributed by atoms with E-state index in [0.717, 1.165) is 69.9 Å². The SMILES string of the molecule is O=C([C@@H]1CCCN(Cc2cccc(Oc3ccccc3)c2)C1)N1CCCCCC1. The fourth-order valence-electron chi connectivity index (χ4n) is 4.54. The Balaban J connectivity index is 1.35. The molecular formula is C25H32N2O2. The third-order valence-electron chi connectivity index (χ3n) is 6.06. The van der Waals surface area contributed by atoms with Gasteiger partial charge in [-0.15, -0.1) is 0 Å². The molecule has 2 aliphatic rings. The molecule has 4 nitrogen and oxygen atoms in total. The quantitative estimate of drug-likeness (QED) is 0.710. The molecular weight excluding hydrogens is 360 g/mol. The van der Waals surface area contributed by atoms with Crippen LogP contribution in [0.5, 0.6) is 11.5 Å². The van der Waals surface area contributed by atoms with Crippen LogP contribution in [0.2, 0.25) is 0 Å². The molecule has 0 aliphatic carbocycles. The van der Waals surface area contributed by atoms with E-state index in [1.54, 1.807) is 0 Å². The van der Waals surface area contributed by atoms with Crippen molar-refractivity contribution in [1.82, 2.24) is 9.80 Å². The molecule has 0 aromatic heterocycles. The Kier molecular flexibility index (Phi) is 6.83. The van der Waals surface area contributed by atoms with Crippen molar-refractivity contribution in [2.75, 3.05) is 26.2 Å². The predicted molar refractivity (Wildman–Crippen MR) is 116 cm³/mol. The summed E-state index contributed by atoms with van der Waals surface area (Å²) in [7, 11) is 0. The van der Waals surface area contributed by atoms with Crippen LogP contribution in [-0.4, -0.2) is 41.9 Å². The molecule has 2 heterocycles. The zero-order valence-corrected chi connectivity index (χ0v) is 17.3. The Labute approximate surface area is 174 Å². The number of carbonyl (C=O) groups excluding carboxylic acids is 1. The molecule has 0 radical (unpaired) electrons. The zero-order valence-electron chi connectivity index (χ0n) is 17.3. The van der Waals surface area contributed by atoms with E-state index in [1.807, 2.05) is 36.4 Å². The van der Waals surface area contributed by atoms with Gasteiger partial charge in [-0.25, -0.2) is 0 Å². The van der Waals surface area contributed by atoms with Gasteiger partial charge in [0.25, 0.3) is 0 Å². The maximum absolute atomic E-state index is 13.0. The number of amides is 1. The second-order valence-electron chi connectivity index (χ2n) is 8.38. The Bertz CT molecular complexity index is 784. The Morgan fingerprint density at radius 2 is 1.62 bits per heavy atom. The standard InChI is InChI=1S/C25H32N2O2/c28-25(27-16-6-1-2-7-17-27)22-11-9-15-26(20-22)19-21-10-8-14-24(18-21)29-23-12-4-3-5-13-23/h3-5,8,10,12-14,18,22H,1-2,6-7,9,11,15-17,19-20H2/t22-/m1/s1. The molecule has 29 heavy (non-hydrogen) atoms. The highest BCUT2D eigenvalue weighted by atomic mass is 16.5. The van der Waals surface area contributed by atoms with Crippen molar-refractivity contribution in [3.05, 3.63) is 60.2 Å². The average Bonchev–Trinajstić information content (AvgIpc) is 3.04. The second-order valence-corrected chi connectivity index (χ2v) is 8.38. The summed E-state index contributed by atoms with van der Waals surface area (Å²) >= 11 is 0. The van der Waals surface area contributed by atoms with Crippen LogP contribution in [0.3, 0.4) is 0 Å². The smallest absolute Gasteiger partial charge is 0.226 e. The van der Waals surface area contributed by atoms with Crippen molar-refractivity contribution in [2.45, 2.75) is 45.1 Å². The first-order chi connectivity index (χ1) is 14.3. The number of ether oxygens (including phenoxy) is 1. The van der Waals surface area contributed by atoms with Gasteiger partial charge in [0, 0.05) is 26.2 Å². The Morgan fingerprint density at radius 1 is 0.862 bits per heavy atom. The van der Waals surface area contributed by atoms with Gasteiger partial charge in [-0.1, -0.05) is 43.2 Å². The van der Waals surface area contributed by atoms with Crippen molar-refractivity contribution in [1.29, 1.82) is 0 Å². The van der Waals surface area contributed by atoms with Crippen LogP contribution in [0.4, 0.5) is 0 Å². The minimum atomic E-state index is 0.158. The number of benzene rings is 2. The number of para-hydroxylation sites is 1. The molecule has 2 fully saturated rings. The van der Waals surface area contributed by atoms with Crippen LogP contribution in [0.25, 0.3) is 0 Å². The highest BCUT2D eigenvalue weighted by Crippen LogP contribution is 2.25. The van der Waals surface area contributed by atoms with E-state index >= 15 is 0 Å². The molecule has 0 bridgehead atoms.